The van der Waals surface area contributed by atoms with Crippen molar-refractivity contribution in [2.24, 2.45) is 0 Å². The summed E-state index contributed by atoms with van der Waals surface area (Å²) in [6.07, 6.45) is 3.30. The van der Waals surface area contributed by atoms with Crippen molar-refractivity contribution in [3.8, 4) is 0 Å². The molecule has 1 aliphatic heterocycles. The van der Waals surface area contributed by atoms with Crippen LogP contribution in [0, 0.1) is 0 Å². The Kier molecular flexibility index (Phi) is 6.79. The Balaban J connectivity index is 1.43. The van der Waals surface area contributed by atoms with E-state index < -0.39 is 0 Å². The summed E-state index contributed by atoms with van der Waals surface area (Å²) in [5.41, 5.74) is 2.29. The predicted octanol–water partition coefficient (Wildman–Crippen LogP) is 2.56. The molecule has 1 saturated heterocycles. The highest BCUT2D eigenvalue weighted by atomic mass is 32.1. The lowest BCUT2D eigenvalue weighted by Gasteiger charge is -2.35. The number of hydrogen-bond acceptors (Lipinski definition) is 4. The molecule has 142 valence electrons. The van der Waals surface area contributed by atoms with Gasteiger partial charge in [-0.2, -0.15) is 11.3 Å². The van der Waals surface area contributed by atoms with Crippen molar-refractivity contribution in [1.29, 1.82) is 0 Å². The van der Waals surface area contributed by atoms with Gasteiger partial charge in [-0.25, -0.2) is 0 Å². The molecule has 2 amide bonds. The SMILES string of the molecule is CN(CC(=O)N1CCN(Cc2ccccc2)CC1)C(=O)C=Cc1ccsc1. The van der Waals surface area contributed by atoms with E-state index in [1.807, 2.05) is 27.8 Å². The molecule has 1 fully saturated rings. The van der Waals surface area contributed by atoms with Crippen molar-refractivity contribution in [3.05, 3.63) is 64.4 Å². The van der Waals surface area contributed by atoms with Crippen LogP contribution in [0.2, 0.25) is 0 Å². The molecule has 0 N–H and O–H groups in total. The Morgan fingerprint density at radius 1 is 1.11 bits per heavy atom. The Morgan fingerprint density at radius 3 is 2.52 bits per heavy atom. The van der Waals surface area contributed by atoms with Crippen molar-refractivity contribution in [2.45, 2.75) is 6.54 Å². The zero-order valence-corrected chi connectivity index (χ0v) is 16.4. The molecule has 0 spiro atoms. The molecule has 0 bridgehead atoms. The van der Waals surface area contributed by atoms with Crippen LogP contribution in [0.5, 0.6) is 0 Å². The predicted molar refractivity (Wildman–Crippen MR) is 109 cm³/mol. The average Bonchev–Trinajstić information content (AvgIpc) is 3.21. The molecule has 1 aromatic carbocycles. The van der Waals surface area contributed by atoms with Crippen LogP contribution in [-0.2, 0) is 16.1 Å². The van der Waals surface area contributed by atoms with Crippen molar-refractivity contribution in [1.82, 2.24) is 14.7 Å². The van der Waals surface area contributed by atoms with E-state index in [-0.39, 0.29) is 18.4 Å². The fourth-order valence-electron chi connectivity index (χ4n) is 3.04. The van der Waals surface area contributed by atoms with Gasteiger partial charge in [-0.05, 0) is 34.0 Å². The van der Waals surface area contributed by atoms with E-state index in [0.717, 1.165) is 25.2 Å². The van der Waals surface area contributed by atoms with Gasteiger partial charge in [-0.3, -0.25) is 14.5 Å². The molecule has 2 aromatic rings. The van der Waals surface area contributed by atoms with Gasteiger partial charge in [0.2, 0.25) is 11.8 Å². The molecule has 2 heterocycles. The molecule has 6 heteroatoms. The van der Waals surface area contributed by atoms with Gasteiger partial charge in [-0.15, -0.1) is 0 Å². The molecule has 5 nitrogen and oxygen atoms in total. The van der Waals surface area contributed by atoms with Gasteiger partial charge in [0.15, 0.2) is 0 Å². The van der Waals surface area contributed by atoms with Crippen molar-refractivity contribution < 1.29 is 9.59 Å². The Morgan fingerprint density at radius 2 is 1.85 bits per heavy atom. The number of nitrogens with zero attached hydrogens (tertiary/aromatic N) is 3. The molecule has 27 heavy (non-hydrogen) atoms. The summed E-state index contributed by atoms with van der Waals surface area (Å²) in [4.78, 5) is 30.4. The molecule has 0 radical (unpaired) electrons. The molecule has 3 rings (SSSR count). The van der Waals surface area contributed by atoms with Crippen LogP contribution in [0.15, 0.2) is 53.2 Å². The first-order chi connectivity index (χ1) is 13.1. The fourth-order valence-corrected chi connectivity index (χ4v) is 3.67. The van der Waals surface area contributed by atoms with Crippen molar-refractivity contribution in [3.63, 3.8) is 0 Å². The molecule has 1 aromatic heterocycles. The molecular formula is C21H25N3O2S. The molecule has 0 unspecified atom stereocenters. The van der Waals surface area contributed by atoms with Crippen LogP contribution in [-0.4, -0.2) is 66.3 Å². The smallest absolute Gasteiger partial charge is 0.246 e. The van der Waals surface area contributed by atoms with Gasteiger partial charge >= 0.3 is 0 Å². The molecular weight excluding hydrogens is 358 g/mol. The van der Waals surface area contributed by atoms with E-state index in [1.165, 1.54) is 16.5 Å². The second kappa shape index (κ2) is 9.48. The molecule has 0 saturated carbocycles. The standard InChI is InChI=1S/C21H25N3O2S/c1-22(20(25)8-7-19-9-14-27-17-19)16-21(26)24-12-10-23(11-13-24)15-18-5-3-2-4-6-18/h2-9,14,17H,10-13,15-16H2,1H3. The number of piperazine rings is 1. The maximum Gasteiger partial charge on any atom is 0.246 e. The summed E-state index contributed by atoms with van der Waals surface area (Å²) in [5.74, 6) is -0.147. The second-order valence-electron chi connectivity index (χ2n) is 6.73. The monoisotopic (exact) mass is 383 g/mol. The summed E-state index contributed by atoms with van der Waals surface area (Å²) in [6.45, 7) is 4.16. The first-order valence-corrected chi connectivity index (χ1v) is 10.1. The zero-order valence-electron chi connectivity index (χ0n) is 15.6. The number of rotatable bonds is 6. The lowest BCUT2D eigenvalue weighted by molar-refractivity contribution is -0.138. The first-order valence-electron chi connectivity index (χ1n) is 9.11. The largest absolute Gasteiger partial charge is 0.339 e. The van der Waals surface area contributed by atoms with E-state index in [0.29, 0.717) is 13.1 Å². The van der Waals surface area contributed by atoms with Crippen molar-refractivity contribution >= 4 is 29.2 Å². The third-order valence-corrected chi connectivity index (χ3v) is 5.39. The normalized spacial score (nSPS) is 15.2. The molecule has 0 atom stereocenters. The number of carbonyl (C=O) groups excluding carboxylic acids is 2. The van der Waals surface area contributed by atoms with E-state index in [4.69, 9.17) is 0 Å². The number of carbonyl (C=O) groups is 2. The van der Waals surface area contributed by atoms with Crippen LogP contribution in [0.3, 0.4) is 0 Å². The Labute approximate surface area is 164 Å². The quantitative estimate of drug-likeness (QED) is 0.720. The molecule has 0 aliphatic carbocycles. The zero-order chi connectivity index (χ0) is 19.1. The van der Waals surface area contributed by atoms with Crippen molar-refractivity contribution in [2.75, 3.05) is 39.8 Å². The lowest BCUT2D eigenvalue weighted by Crippen LogP contribution is -2.50. The summed E-state index contributed by atoms with van der Waals surface area (Å²) in [6, 6.07) is 12.3. The highest BCUT2D eigenvalue weighted by molar-refractivity contribution is 7.08. The minimum absolute atomic E-state index is 0.00847. The minimum atomic E-state index is -0.155. The number of thiophene rings is 1. The van der Waals surface area contributed by atoms with E-state index in [9.17, 15) is 9.59 Å². The van der Waals surface area contributed by atoms with Gasteiger partial charge in [0.1, 0.15) is 0 Å². The van der Waals surface area contributed by atoms with Crippen LogP contribution >= 0.6 is 11.3 Å². The molecule has 1 aliphatic rings. The number of hydrogen-bond donors (Lipinski definition) is 0. The Bertz CT molecular complexity index is 766. The highest BCUT2D eigenvalue weighted by Crippen LogP contribution is 2.10. The number of amides is 2. The van der Waals surface area contributed by atoms with Gasteiger partial charge in [0, 0.05) is 45.8 Å². The second-order valence-corrected chi connectivity index (χ2v) is 7.51. The van der Waals surface area contributed by atoms with E-state index in [2.05, 4.69) is 29.2 Å². The van der Waals surface area contributed by atoms with Gasteiger partial charge in [0.05, 0.1) is 6.54 Å². The first kappa shape index (κ1) is 19.3. The maximum atomic E-state index is 12.5. The highest BCUT2D eigenvalue weighted by Gasteiger charge is 2.22. The minimum Gasteiger partial charge on any atom is -0.339 e. The van der Waals surface area contributed by atoms with Gasteiger partial charge in [-0.1, -0.05) is 30.3 Å². The topological polar surface area (TPSA) is 43.9 Å². The summed E-state index contributed by atoms with van der Waals surface area (Å²) < 4.78 is 0. The lowest BCUT2D eigenvalue weighted by atomic mass is 10.2. The fraction of sp³-hybridized carbons (Fsp3) is 0.333. The van der Waals surface area contributed by atoms with Crippen LogP contribution in [0.4, 0.5) is 0 Å². The third-order valence-electron chi connectivity index (χ3n) is 4.68. The average molecular weight is 384 g/mol. The maximum absolute atomic E-state index is 12.5. The Hall–Kier alpha value is -2.44. The summed E-state index contributed by atoms with van der Waals surface area (Å²) >= 11 is 1.59. The van der Waals surface area contributed by atoms with Gasteiger partial charge < -0.3 is 9.80 Å². The van der Waals surface area contributed by atoms with Crippen LogP contribution < -0.4 is 0 Å². The summed E-state index contributed by atoms with van der Waals surface area (Å²) in [7, 11) is 1.67. The van der Waals surface area contributed by atoms with Gasteiger partial charge in [0.25, 0.3) is 0 Å². The van der Waals surface area contributed by atoms with E-state index >= 15 is 0 Å². The summed E-state index contributed by atoms with van der Waals surface area (Å²) in [5, 5.41) is 3.94. The number of benzene rings is 1. The van der Waals surface area contributed by atoms with Crippen LogP contribution in [0.25, 0.3) is 6.08 Å². The third kappa shape index (κ3) is 5.77. The van der Waals surface area contributed by atoms with Crippen LogP contribution in [0.1, 0.15) is 11.1 Å². The number of likely N-dealkylation sites (N-methyl/N-ethyl adjacent to an activating group) is 1. The van der Waals surface area contributed by atoms with E-state index in [1.54, 1.807) is 24.5 Å².